The number of nitrogens with zero attached hydrogens (tertiary/aromatic N) is 6. The molecule has 0 saturated carbocycles. The number of aromatic amines is 1. The van der Waals surface area contributed by atoms with E-state index >= 15 is 0 Å². The van der Waals surface area contributed by atoms with Crippen LogP contribution in [0.2, 0.25) is 5.02 Å². The quantitative estimate of drug-likeness (QED) is 0.270. The van der Waals surface area contributed by atoms with Gasteiger partial charge in [-0.3, -0.25) is 15.1 Å². The zero-order valence-corrected chi connectivity index (χ0v) is 19.3. The fourth-order valence-corrected chi connectivity index (χ4v) is 4.10. The SMILES string of the molecule is Cc1ncccc1C(Nc1cc(Cl)c2ncc(C#N)c(Nc3cnc(F)c(F)c3)c2c1)c1c[nH]nn1. The van der Waals surface area contributed by atoms with E-state index in [0.717, 1.165) is 23.5 Å². The summed E-state index contributed by atoms with van der Waals surface area (Å²) in [5.41, 5.74) is 3.94. The van der Waals surface area contributed by atoms with E-state index < -0.39 is 17.8 Å². The minimum atomic E-state index is -1.22. The van der Waals surface area contributed by atoms with E-state index in [1.165, 1.54) is 6.20 Å². The average Bonchev–Trinajstić information content (AvgIpc) is 3.40. The number of fused-ring (bicyclic) bond motifs is 1. The van der Waals surface area contributed by atoms with Gasteiger partial charge in [0.1, 0.15) is 11.8 Å². The van der Waals surface area contributed by atoms with Crippen molar-refractivity contribution in [1.29, 1.82) is 5.26 Å². The molecule has 9 nitrogen and oxygen atoms in total. The monoisotopic (exact) mass is 503 g/mol. The van der Waals surface area contributed by atoms with Gasteiger partial charge < -0.3 is 10.6 Å². The Balaban J connectivity index is 1.63. The summed E-state index contributed by atoms with van der Waals surface area (Å²) in [5.74, 6) is -2.35. The van der Waals surface area contributed by atoms with Gasteiger partial charge in [-0.15, -0.1) is 5.10 Å². The second-order valence-electron chi connectivity index (χ2n) is 7.79. The maximum atomic E-state index is 13.8. The van der Waals surface area contributed by atoms with Crippen LogP contribution in [-0.2, 0) is 0 Å². The van der Waals surface area contributed by atoms with E-state index in [9.17, 15) is 14.0 Å². The van der Waals surface area contributed by atoms with Crippen LogP contribution in [-0.4, -0.2) is 30.4 Å². The highest BCUT2D eigenvalue weighted by Crippen LogP contribution is 2.36. The Hall–Kier alpha value is -4.69. The maximum absolute atomic E-state index is 13.8. The van der Waals surface area contributed by atoms with Gasteiger partial charge in [-0.1, -0.05) is 22.9 Å². The lowest BCUT2D eigenvalue weighted by atomic mass is 10.0. The van der Waals surface area contributed by atoms with Crippen molar-refractivity contribution in [3.63, 3.8) is 0 Å². The summed E-state index contributed by atoms with van der Waals surface area (Å²) in [7, 11) is 0. The lowest BCUT2D eigenvalue weighted by Gasteiger charge is -2.21. The highest BCUT2D eigenvalue weighted by Gasteiger charge is 2.21. The number of rotatable bonds is 6. The second kappa shape index (κ2) is 9.52. The molecule has 0 radical (unpaired) electrons. The summed E-state index contributed by atoms with van der Waals surface area (Å²) < 4.78 is 27.1. The molecular formula is C24H16ClF2N9. The molecule has 1 unspecified atom stereocenters. The topological polar surface area (TPSA) is 128 Å². The first kappa shape index (κ1) is 23.1. The van der Waals surface area contributed by atoms with Crippen molar-refractivity contribution in [2.75, 3.05) is 10.6 Å². The molecule has 0 fully saturated rings. The first-order valence-electron chi connectivity index (χ1n) is 10.6. The maximum Gasteiger partial charge on any atom is 0.249 e. The van der Waals surface area contributed by atoms with Crippen molar-refractivity contribution < 1.29 is 8.78 Å². The molecule has 4 aromatic heterocycles. The Bertz CT molecular complexity index is 1620. The molecule has 12 heteroatoms. The van der Waals surface area contributed by atoms with E-state index in [2.05, 4.69) is 47.1 Å². The van der Waals surface area contributed by atoms with Crippen molar-refractivity contribution in [1.82, 2.24) is 30.4 Å². The lowest BCUT2D eigenvalue weighted by Crippen LogP contribution is -2.15. The van der Waals surface area contributed by atoms with Crippen molar-refractivity contribution in [3.05, 3.63) is 94.4 Å². The van der Waals surface area contributed by atoms with Gasteiger partial charge in [-0.25, -0.2) is 9.37 Å². The van der Waals surface area contributed by atoms with Crippen molar-refractivity contribution in [2.24, 2.45) is 0 Å². The number of H-pyrrole nitrogens is 1. The molecule has 0 aliphatic rings. The fraction of sp³-hybridized carbons (Fsp3) is 0.0833. The van der Waals surface area contributed by atoms with Crippen LogP contribution in [0.3, 0.4) is 0 Å². The van der Waals surface area contributed by atoms with Gasteiger partial charge >= 0.3 is 0 Å². The first-order valence-corrected chi connectivity index (χ1v) is 11.0. The number of nitriles is 1. The zero-order valence-electron chi connectivity index (χ0n) is 18.6. The molecule has 5 aromatic rings. The summed E-state index contributed by atoms with van der Waals surface area (Å²) in [5, 5.41) is 27.6. The van der Waals surface area contributed by atoms with Gasteiger partial charge in [0.2, 0.25) is 5.95 Å². The van der Waals surface area contributed by atoms with Crippen molar-refractivity contribution in [2.45, 2.75) is 13.0 Å². The van der Waals surface area contributed by atoms with E-state index in [1.54, 1.807) is 24.5 Å². The normalized spacial score (nSPS) is 11.8. The van der Waals surface area contributed by atoms with Crippen LogP contribution in [0.5, 0.6) is 0 Å². The largest absolute Gasteiger partial charge is 0.373 e. The Labute approximate surface area is 208 Å². The van der Waals surface area contributed by atoms with Crippen LogP contribution >= 0.6 is 11.6 Å². The molecule has 3 N–H and O–H groups in total. The number of hydrogen-bond donors (Lipinski definition) is 3. The minimum absolute atomic E-state index is 0.152. The Morgan fingerprint density at radius 2 is 1.97 bits per heavy atom. The van der Waals surface area contributed by atoms with Gasteiger partial charge in [0.25, 0.3) is 0 Å². The molecule has 0 spiro atoms. The average molecular weight is 504 g/mol. The number of benzene rings is 1. The number of nitrogens with one attached hydrogen (secondary N) is 3. The van der Waals surface area contributed by atoms with E-state index in [0.29, 0.717) is 33.0 Å². The second-order valence-corrected chi connectivity index (χ2v) is 8.20. The first-order chi connectivity index (χ1) is 17.4. The predicted molar refractivity (Wildman–Crippen MR) is 130 cm³/mol. The minimum Gasteiger partial charge on any atom is -0.373 e. The molecule has 0 amide bonds. The Morgan fingerprint density at radius 3 is 2.69 bits per heavy atom. The number of aryl methyl sites for hydroxylation is 1. The van der Waals surface area contributed by atoms with Crippen LogP contribution in [0.4, 0.5) is 25.8 Å². The number of halogens is 3. The highest BCUT2D eigenvalue weighted by atomic mass is 35.5. The molecular weight excluding hydrogens is 488 g/mol. The number of hydrogen-bond acceptors (Lipinski definition) is 8. The molecule has 1 atom stereocenters. The summed E-state index contributed by atoms with van der Waals surface area (Å²) in [6.45, 7) is 1.89. The third kappa shape index (κ3) is 4.37. The summed E-state index contributed by atoms with van der Waals surface area (Å²) in [4.78, 5) is 12.1. The predicted octanol–water partition coefficient (Wildman–Crippen LogP) is 5.20. The van der Waals surface area contributed by atoms with Crippen molar-refractivity contribution in [3.8, 4) is 6.07 Å². The number of aromatic nitrogens is 6. The standard InChI is InChI=1S/C24H16ClF2N9/c1-12-16(3-2-4-29-12)23(20-11-32-36-35-20)33-14-5-17-21(34-15-7-19(26)24(27)31-10-15)13(8-28)9-30-22(17)18(25)6-14/h2-7,9-11,23,33H,1H3,(H,30,34)(H,32,35,36). The van der Waals surface area contributed by atoms with Gasteiger partial charge in [-0.05, 0) is 25.1 Å². The molecule has 0 aliphatic carbocycles. The summed E-state index contributed by atoms with van der Waals surface area (Å²) in [6.07, 6.45) is 5.85. The molecule has 5 rings (SSSR count). The van der Waals surface area contributed by atoms with Crippen LogP contribution in [0, 0.1) is 30.0 Å². The Kier molecular flexibility index (Phi) is 6.10. The van der Waals surface area contributed by atoms with Crippen LogP contribution in [0.1, 0.15) is 28.6 Å². The molecule has 0 bridgehead atoms. The van der Waals surface area contributed by atoms with E-state index in [4.69, 9.17) is 11.6 Å². The smallest absolute Gasteiger partial charge is 0.249 e. The third-order valence-corrected chi connectivity index (χ3v) is 5.80. The molecule has 4 heterocycles. The van der Waals surface area contributed by atoms with E-state index in [-0.39, 0.29) is 11.3 Å². The highest BCUT2D eigenvalue weighted by molar-refractivity contribution is 6.36. The van der Waals surface area contributed by atoms with Gasteiger partial charge in [0, 0.05) is 47.0 Å². The lowest BCUT2D eigenvalue weighted by molar-refractivity contribution is 0.480. The molecule has 0 saturated heterocycles. The number of pyridine rings is 3. The van der Waals surface area contributed by atoms with Crippen LogP contribution in [0.25, 0.3) is 10.9 Å². The van der Waals surface area contributed by atoms with Gasteiger partial charge in [0.15, 0.2) is 5.82 Å². The zero-order chi connectivity index (χ0) is 25.2. The van der Waals surface area contributed by atoms with Crippen molar-refractivity contribution >= 4 is 39.6 Å². The van der Waals surface area contributed by atoms with Crippen LogP contribution < -0.4 is 10.6 Å². The summed E-state index contributed by atoms with van der Waals surface area (Å²) >= 11 is 6.58. The molecule has 0 aliphatic heterocycles. The third-order valence-electron chi connectivity index (χ3n) is 5.51. The number of anilines is 3. The molecule has 36 heavy (non-hydrogen) atoms. The van der Waals surface area contributed by atoms with Crippen LogP contribution in [0.15, 0.2) is 55.1 Å². The fourth-order valence-electron chi connectivity index (χ4n) is 3.83. The Morgan fingerprint density at radius 1 is 1.11 bits per heavy atom. The molecule has 1 aromatic carbocycles. The van der Waals surface area contributed by atoms with E-state index in [1.807, 2.05) is 19.1 Å². The summed E-state index contributed by atoms with van der Waals surface area (Å²) in [6, 6.07) is 9.79. The van der Waals surface area contributed by atoms with Gasteiger partial charge in [-0.2, -0.15) is 9.65 Å². The molecule has 178 valence electrons. The van der Waals surface area contributed by atoms with Gasteiger partial charge in [0.05, 0.1) is 39.7 Å².